The zero-order valence-electron chi connectivity index (χ0n) is 9.38. The lowest BCUT2D eigenvalue weighted by atomic mass is 10.1. The van der Waals surface area contributed by atoms with Crippen molar-refractivity contribution in [3.63, 3.8) is 0 Å². The second kappa shape index (κ2) is 7.45. The largest absolute Gasteiger partial charge is 0.481 e. The minimum Gasteiger partial charge on any atom is -0.481 e. The Labute approximate surface area is 94.5 Å². The van der Waals surface area contributed by atoms with Crippen molar-refractivity contribution in [2.45, 2.75) is 20.3 Å². The van der Waals surface area contributed by atoms with Crippen LogP contribution in [0, 0.1) is 5.92 Å². The summed E-state index contributed by atoms with van der Waals surface area (Å²) in [5.74, 6) is -1.32. The molecular weight excluding hydrogens is 208 g/mol. The standard InChI is InChI=1S/C7H6O2.C5H10O2/c8-7(9)6-4-2-1-3-5-6;1-4(2)3-5(6)7/h1-5H,(H,8,9);4H,3H2,1-2H3,(H,6,7). The molecule has 0 spiro atoms. The van der Waals surface area contributed by atoms with Gasteiger partial charge in [-0.25, -0.2) is 4.79 Å². The van der Waals surface area contributed by atoms with Crippen LogP contribution in [0.2, 0.25) is 0 Å². The topological polar surface area (TPSA) is 74.6 Å². The average molecular weight is 224 g/mol. The van der Waals surface area contributed by atoms with Crippen molar-refractivity contribution in [2.24, 2.45) is 5.92 Å². The second-order valence-corrected chi connectivity index (χ2v) is 3.66. The third-order valence-corrected chi connectivity index (χ3v) is 1.60. The lowest BCUT2D eigenvalue weighted by Crippen LogP contribution is -1.99. The van der Waals surface area contributed by atoms with Gasteiger partial charge in [0, 0.05) is 6.42 Å². The third kappa shape index (κ3) is 7.55. The molecule has 0 saturated carbocycles. The first-order chi connectivity index (χ1) is 7.43. The van der Waals surface area contributed by atoms with Crippen LogP contribution in [0.5, 0.6) is 0 Å². The molecule has 0 fully saturated rings. The number of carboxylic acid groups (broad SMARTS) is 2. The van der Waals surface area contributed by atoms with Gasteiger partial charge in [-0.3, -0.25) is 4.79 Å². The monoisotopic (exact) mass is 224 g/mol. The van der Waals surface area contributed by atoms with E-state index >= 15 is 0 Å². The molecule has 1 aromatic carbocycles. The molecule has 0 aliphatic carbocycles. The molecule has 0 heterocycles. The summed E-state index contributed by atoms with van der Waals surface area (Å²) < 4.78 is 0. The molecule has 0 aromatic heterocycles. The minimum absolute atomic E-state index is 0.275. The van der Waals surface area contributed by atoms with Crippen molar-refractivity contribution in [1.82, 2.24) is 0 Å². The van der Waals surface area contributed by atoms with E-state index < -0.39 is 11.9 Å². The summed E-state index contributed by atoms with van der Waals surface area (Å²) in [7, 11) is 0. The molecule has 1 rings (SSSR count). The minimum atomic E-state index is -0.879. The molecule has 16 heavy (non-hydrogen) atoms. The summed E-state index contributed by atoms with van der Waals surface area (Å²) in [5, 5.41) is 16.5. The van der Waals surface area contributed by atoms with Gasteiger partial charge in [-0.2, -0.15) is 0 Å². The normalized spacial score (nSPS) is 9.19. The lowest BCUT2D eigenvalue weighted by molar-refractivity contribution is -0.137. The van der Waals surface area contributed by atoms with E-state index in [0.29, 0.717) is 5.56 Å². The molecule has 2 N–H and O–H groups in total. The Bertz CT molecular complexity index is 330. The Morgan fingerprint density at radius 3 is 1.81 bits per heavy atom. The van der Waals surface area contributed by atoms with Crippen LogP contribution in [0.25, 0.3) is 0 Å². The van der Waals surface area contributed by atoms with Crippen molar-refractivity contribution in [3.05, 3.63) is 35.9 Å². The molecule has 0 unspecified atom stereocenters. The molecule has 0 amide bonds. The van der Waals surface area contributed by atoms with Gasteiger partial charge in [0.05, 0.1) is 5.56 Å². The van der Waals surface area contributed by atoms with Gasteiger partial charge in [0.25, 0.3) is 0 Å². The van der Waals surface area contributed by atoms with E-state index in [2.05, 4.69) is 0 Å². The number of benzene rings is 1. The van der Waals surface area contributed by atoms with Gasteiger partial charge in [0.15, 0.2) is 0 Å². The predicted octanol–water partition coefficient (Wildman–Crippen LogP) is 2.50. The summed E-state index contributed by atoms with van der Waals surface area (Å²) >= 11 is 0. The van der Waals surface area contributed by atoms with E-state index in [4.69, 9.17) is 10.2 Å². The van der Waals surface area contributed by atoms with E-state index in [9.17, 15) is 9.59 Å². The summed E-state index contributed by atoms with van der Waals surface area (Å²) in [6, 6.07) is 8.30. The van der Waals surface area contributed by atoms with E-state index in [1.165, 1.54) is 0 Å². The van der Waals surface area contributed by atoms with Gasteiger partial charge in [-0.1, -0.05) is 32.0 Å². The summed E-state index contributed by atoms with van der Waals surface area (Å²) in [4.78, 5) is 20.0. The lowest BCUT2D eigenvalue weighted by Gasteiger charge is -1.94. The molecule has 0 saturated heterocycles. The quantitative estimate of drug-likeness (QED) is 0.827. The Morgan fingerprint density at radius 1 is 1.12 bits per heavy atom. The third-order valence-electron chi connectivity index (χ3n) is 1.60. The highest BCUT2D eigenvalue weighted by Gasteiger charge is 1.98. The fourth-order valence-electron chi connectivity index (χ4n) is 0.930. The van der Waals surface area contributed by atoms with Crippen LogP contribution in [0.1, 0.15) is 30.6 Å². The van der Waals surface area contributed by atoms with Crippen LogP contribution in [0.3, 0.4) is 0 Å². The number of hydrogen-bond donors (Lipinski definition) is 2. The predicted molar refractivity (Wildman–Crippen MR) is 60.5 cm³/mol. The number of aromatic carboxylic acids is 1. The summed E-state index contributed by atoms with van der Waals surface area (Å²) in [5.41, 5.74) is 0.331. The Morgan fingerprint density at radius 2 is 1.62 bits per heavy atom. The number of rotatable bonds is 3. The molecule has 0 aliphatic heterocycles. The summed E-state index contributed by atoms with van der Waals surface area (Å²) in [6.45, 7) is 3.77. The van der Waals surface area contributed by atoms with Crippen LogP contribution in [-0.4, -0.2) is 22.2 Å². The number of aliphatic carboxylic acids is 1. The van der Waals surface area contributed by atoms with Crippen LogP contribution < -0.4 is 0 Å². The van der Waals surface area contributed by atoms with Crippen LogP contribution in [-0.2, 0) is 4.79 Å². The Hall–Kier alpha value is -1.84. The van der Waals surface area contributed by atoms with Crippen molar-refractivity contribution in [1.29, 1.82) is 0 Å². The molecule has 0 aliphatic rings. The Balaban J connectivity index is 0.000000293. The maximum Gasteiger partial charge on any atom is 0.335 e. The van der Waals surface area contributed by atoms with Crippen LogP contribution in [0.4, 0.5) is 0 Å². The van der Waals surface area contributed by atoms with Gasteiger partial charge < -0.3 is 10.2 Å². The molecule has 0 radical (unpaired) electrons. The smallest absolute Gasteiger partial charge is 0.335 e. The second-order valence-electron chi connectivity index (χ2n) is 3.66. The number of carboxylic acids is 2. The first kappa shape index (κ1) is 14.2. The highest BCUT2D eigenvalue weighted by molar-refractivity contribution is 5.87. The maximum absolute atomic E-state index is 10.2. The van der Waals surface area contributed by atoms with Crippen molar-refractivity contribution >= 4 is 11.9 Å². The van der Waals surface area contributed by atoms with E-state index in [0.717, 1.165) is 0 Å². The van der Waals surface area contributed by atoms with Gasteiger partial charge in [-0.05, 0) is 18.1 Å². The van der Waals surface area contributed by atoms with Crippen molar-refractivity contribution in [2.75, 3.05) is 0 Å². The van der Waals surface area contributed by atoms with E-state index in [1.54, 1.807) is 30.3 Å². The molecule has 4 heteroatoms. The highest BCUT2D eigenvalue weighted by Crippen LogP contribution is 1.97. The maximum atomic E-state index is 10.2. The molecular formula is C12H16O4. The molecule has 88 valence electrons. The molecule has 0 bridgehead atoms. The Kier molecular flexibility index (Phi) is 6.59. The number of hydrogen-bond acceptors (Lipinski definition) is 2. The van der Waals surface area contributed by atoms with Crippen molar-refractivity contribution < 1.29 is 19.8 Å². The first-order valence-electron chi connectivity index (χ1n) is 4.93. The number of carbonyl (C=O) groups is 2. The molecule has 0 atom stereocenters. The SMILES string of the molecule is CC(C)CC(=O)O.O=C(O)c1ccccc1. The van der Waals surface area contributed by atoms with Crippen LogP contribution in [0.15, 0.2) is 30.3 Å². The fourth-order valence-corrected chi connectivity index (χ4v) is 0.930. The zero-order valence-corrected chi connectivity index (χ0v) is 9.38. The van der Waals surface area contributed by atoms with Gasteiger partial charge >= 0.3 is 11.9 Å². The van der Waals surface area contributed by atoms with E-state index in [-0.39, 0.29) is 12.3 Å². The fraction of sp³-hybridized carbons (Fsp3) is 0.333. The molecule has 1 aromatic rings. The zero-order chi connectivity index (χ0) is 12.6. The van der Waals surface area contributed by atoms with E-state index in [1.807, 2.05) is 13.8 Å². The van der Waals surface area contributed by atoms with Crippen LogP contribution >= 0.6 is 0 Å². The first-order valence-corrected chi connectivity index (χ1v) is 4.93. The highest BCUT2D eigenvalue weighted by atomic mass is 16.4. The van der Waals surface area contributed by atoms with Gasteiger partial charge in [0.1, 0.15) is 0 Å². The van der Waals surface area contributed by atoms with Crippen molar-refractivity contribution in [3.8, 4) is 0 Å². The average Bonchev–Trinajstić information content (AvgIpc) is 2.17. The van der Waals surface area contributed by atoms with Gasteiger partial charge in [0.2, 0.25) is 0 Å². The summed E-state index contributed by atoms with van der Waals surface area (Å²) in [6.07, 6.45) is 0.278. The molecule has 4 nitrogen and oxygen atoms in total. The van der Waals surface area contributed by atoms with Gasteiger partial charge in [-0.15, -0.1) is 0 Å².